The molecule has 1 heterocycles. The second-order valence-electron chi connectivity index (χ2n) is 6.39. The molecule has 1 aromatic heterocycles. The summed E-state index contributed by atoms with van der Waals surface area (Å²) in [6.45, 7) is 0.561. The van der Waals surface area contributed by atoms with Crippen LogP contribution in [0.2, 0.25) is 0 Å². The molecule has 2 atom stereocenters. The van der Waals surface area contributed by atoms with Gasteiger partial charge in [0.1, 0.15) is 0 Å². The van der Waals surface area contributed by atoms with E-state index >= 15 is 0 Å². The Morgan fingerprint density at radius 3 is 2.56 bits per heavy atom. The van der Waals surface area contributed by atoms with E-state index in [9.17, 15) is 4.79 Å². The molecular formula is C20H18BrN3O. The zero-order valence-electron chi connectivity index (χ0n) is 13.6. The van der Waals surface area contributed by atoms with Crippen LogP contribution in [0.3, 0.4) is 0 Å². The molecule has 1 saturated carbocycles. The van der Waals surface area contributed by atoms with Gasteiger partial charge in [-0.25, -0.2) is 0 Å². The number of carbonyl (C=O) groups excluding carboxylic acids is 1. The highest BCUT2D eigenvalue weighted by atomic mass is 79.9. The number of nitrogens with one attached hydrogen (secondary N) is 2. The van der Waals surface area contributed by atoms with Crippen molar-refractivity contribution >= 4 is 21.8 Å². The SMILES string of the molecule is O=C(NCc1ccc(-c2ccn[nH]2)cc1)C1CC1c1ccc(Br)cc1. The number of hydrogen-bond donors (Lipinski definition) is 2. The van der Waals surface area contributed by atoms with Gasteiger partial charge in [0.15, 0.2) is 0 Å². The van der Waals surface area contributed by atoms with Crippen molar-refractivity contribution in [1.29, 1.82) is 0 Å². The molecule has 3 aromatic rings. The quantitative estimate of drug-likeness (QED) is 0.677. The van der Waals surface area contributed by atoms with Crippen molar-refractivity contribution in [3.63, 3.8) is 0 Å². The summed E-state index contributed by atoms with van der Waals surface area (Å²) >= 11 is 3.44. The van der Waals surface area contributed by atoms with Crippen molar-refractivity contribution in [1.82, 2.24) is 15.5 Å². The first-order valence-electron chi connectivity index (χ1n) is 8.32. The predicted molar refractivity (Wildman–Crippen MR) is 101 cm³/mol. The summed E-state index contributed by atoms with van der Waals surface area (Å²) in [5.74, 6) is 0.604. The van der Waals surface area contributed by atoms with Gasteiger partial charge in [-0.2, -0.15) is 5.10 Å². The van der Waals surface area contributed by atoms with Crippen molar-refractivity contribution in [2.24, 2.45) is 5.92 Å². The Hall–Kier alpha value is -2.40. The van der Waals surface area contributed by atoms with Crippen LogP contribution in [-0.2, 0) is 11.3 Å². The van der Waals surface area contributed by atoms with E-state index in [0.29, 0.717) is 12.5 Å². The standard InChI is InChI=1S/C20H18BrN3O/c21-16-7-5-14(6-8-16)17-11-18(17)20(25)22-12-13-1-3-15(4-2-13)19-9-10-23-24-19/h1-10,17-18H,11-12H2,(H,22,25)(H,23,24). The lowest BCUT2D eigenvalue weighted by Gasteiger charge is -2.06. The van der Waals surface area contributed by atoms with Gasteiger partial charge < -0.3 is 5.32 Å². The number of hydrogen-bond acceptors (Lipinski definition) is 2. The van der Waals surface area contributed by atoms with Gasteiger partial charge in [-0.3, -0.25) is 9.89 Å². The molecule has 1 aliphatic rings. The molecule has 4 nitrogen and oxygen atoms in total. The molecule has 0 aliphatic heterocycles. The molecule has 126 valence electrons. The third kappa shape index (κ3) is 3.66. The Labute approximate surface area is 154 Å². The van der Waals surface area contributed by atoms with Gasteiger partial charge in [-0.1, -0.05) is 52.3 Å². The molecular weight excluding hydrogens is 378 g/mol. The van der Waals surface area contributed by atoms with E-state index < -0.39 is 0 Å². The first-order chi connectivity index (χ1) is 12.2. The zero-order chi connectivity index (χ0) is 17.2. The maximum absolute atomic E-state index is 12.3. The molecule has 4 rings (SSSR count). The lowest BCUT2D eigenvalue weighted by molar-refractivity contribution is -0.122. The fourth-order valence-corrected chi connectivity index (χ4v) is 3.37. The predicted octanol–water partition coefficient (Wildman–Crippen LogP) is 4.26. The highest BCUT2D eigenvalue weighted by molar-refractivity contribution is 9.10. The normalized spacial score (nSPS) is 18.8. The summed E-state index contributed by atoms with van der Waals surface area (Å²) in [6, 6.07) is 18.3. The molecule has 0 radical (unpaired) electrons. The van der Waals surface area contributed by atoms with E-state index in [1.165, 1.54) is 5.56 Å². The number of carbonyl (C=O) groups is 1. The molecule has 0 spiro atoms. The van der Waals surface area contributed by atoms with E-state index in [2.05, 4.69) is 43.6 Å². The molecule has 2 N–H and O–H groups in total. The van der Waals surface area contributed by atoms with Crippen molar-refractivity contribution in [3.8, 4) is 11.3 Å². The van der Waals surface area contributed by atoms with Gasteiger partial charge in [0.2, 0.25) is 5.91 Å². The average Bonchev–Trinajstić information content (AvgIpc) is 3.25. The number of rotatable bonds is 5. The zero-order valence-corrected chi connectivity index (χ0v) is 15.2. The molecule has 2 unspecified atom stereocenters. The van der Waals surface area contributed by atoms with Crippen LogP contribution in [0.4, 0.5) is 0 Å². The van der Waals surface area contributed by atoms with Crippen LogP contribution in [0.15, 0.2) is 65.3 Å². The minimum atomic E-state index is 0.102. The average molecular weight is 396 g/mol. The van der Waals surface area contributed by atoms with Crippen LogP contribution in [0.5, 0.6) is 0 Å². The number of amides is 1. The lowest BCUT2D eigenvalue weighted by atomic mass is 10.1. The summed E-state index contributed by atoms with van der Waals surface area (Å²) in [6.07, 6.45) is 2.67. The van der Waals surface area contributed by atoms with Crippen molar-refractivity contribution in [2.75, 3.05) is 0 Å². The van der Waals surface area contributed by atoms with Gasteiger partial charge in [0, 0.05) is 23.1 Å². The second kappa shape index (κ2) is 6.84. The topological polar surface area (TPSA) is 57.8 Å². The van der Waals surface area contributed by atoms with Crippen molar-refractivity contribution in [3.05, 3.63) is 76.4 Å². The Balaban J connectivity index is 1.31. The first-order valence-corrected chi connectivity index (χ1v) is 9.12. The van der Waals surface area contributed by atoms with Gasteiger partial charge in [-0.05, 0) is 47.2 Å². The van der Waals surface area contributed by atoms with Crippen LogP contribution in [-0.4, -0.2) is 16.1 Å². The third-order valence-corrected chi connectivity index (χ3v) is 5.19. The Kier molecular flexibility index (Phi) is 4.40. The summed E-state index contributed by atoms with van der Waals surface area (Å²) < 4.78 is 1.07. The van der Waals surface area contributed by atoms with Crippen molar-refractivity contribution in [2.45, 2.75) is 18.9 Å². The Bertz CT molecular complexity index is 857. The highest BCUT2D eigenvalue weighted by Gasteiger charge is 2.43. The highest BCUT2D eigenvalue weighted by Crippen LogP contribution is 2.47. The van der Waals surface area contributed by atoms with E-state index in [1.807, 2.05) is 42.5 Å². The number of aromatic amines is 1. The smallest absolute Gasteiger partial charge is 0.224 e. The fourth-order valence-electron chi connectivity index (χ4n) is 3.10. The lowest BCUT2D eigenvalue weighted by Crippen LogP contribution is -2.24. The van der Waals surface area contributed by atoms with Crippen molar-refractivity contribution < 1.29 is 4.79 Å². The molecule has 5 heteroatoms. The fraction of sp³-hybridized carbons (Fsp3) is 0.200. The third-order valence-electron chi connectivity index (χ3n) is 4.66. The monoisotopic (exact) mass is 395 g/mol. The first kappa shape index (κ1) is 16.1. The van der Waals surface area contributed by atoms with E-state index in [1.54, 1.807) is 6.20 Å². The second-order valence-corrected chi connectivity index (χ2v) is 7.30. The van der Waals surface area contributed by atoms with Crippen LogP contribution < -0.4 is 5.32 Å². The van der Waals surface area contributed by atoms with E-state index in [-0.39, 0.29) is 11.8 Å². The minimum Gasteiger partial charge on any atom is -0.352 e. The number of benzene rings is 2. The van der Waals surface area contributed by atoms with E-state index in [0.717, 1.165) is 27.7 Å². The molecule has 0 bridgehead atoms. The summed E-state index contributed by atoms with van der Waals surface area (Å²) in [4.78, 5) is 12.3. The Morgan fingerprint density at radius 2 is 1.88 bits per heavy atom. The summed E-state index contributed by atoms with van der Waals surface area (Å²) in [5.41, 5.74) is 4.42. The molecule has 25 heavy (non-hydrogen) atoms. The van der Waals surface area contributed by atoms with Gasteiger partial charge >= 0.3 is 0 Å². The van der Waals surface area contributed by atoms with E-state index in [4.69, 9.17) is 0 Å². The molecule has 1 fully saturated rings. The van der Waals surface area contributed by atoms with Crippen LogP contribution in [0, 0.1) is 5.92 Å². The molecule has 2 aromatic carbocycles. The summed E-state index contributed by atoms with van der Waals surface area (Å²) in [7, 11) is 0. The van der Waals surface area contributed by atoms with Crippen LogP contribution in [0.1, 0.15) is 23.5 Å². The Morgan fingerprint density at radius 1 is 1.12 bits per heavy atom. The maximum atomic E-state index is 12.3. The molecule has 1 amide bonds. The summed E-state index contributed by atoms with van der Waals surface area (Å²) in [5, 5.41) is 9.96. The van der Waals surface area contributed by atoms with Crippen LogP contribution in [0.25, 0.3) is 11.3 Å². The number of aromatic nitrogens is 2. The maximum Gasteiger partial charge on any atom is 0.224 e. The number of H-pyrrole nitrogens is 1. The van der Waals surface area contributed by atoms with Gasteiger partial charge in [0.25, 0.3) is 0 Å². The molecule has 1 aliphatic carbocycles. The number of halogens is 1. The number of nitrogens with zero attached hydrogens (tertiary/aromatic N) is 1. The van der Waals surface area contributed by atoms with Gasteiger partial charge in [0.05, 0.1) is 5.69 Å². The molecule has 0 saturated heterocycles. The van der Waals surface area contributed by atoms with Gasteiger partial charge in [-0.15, -0.1) is 0 Å². The minimum absolute atomic E-state index is 0.102. The largest absolute Gasteiger partial charge is 0.352 e. The van der Waals surface area contributed by atoms with Crippen LogP contribution >= 0.6 is 15.9 Å².